The molecule has 0 heterocycles. The Morgan fingerprint density at radius 2 is 1.70 bits per heavy atom. The van der Waals surface area contributed by atoms with Crippen LogP contribution in [0.25, 0.3) is 11.1 Å². The van der Waals surface area contributed by atoms with Crippen molar-refractivity contribution in [3.05, 3.63) is 77.6 Å². The van der Waals surface area contributed by atoms with Gasteiger partial charge in [0.05, 0.1) is 6.61 Å². The number of terminal acetylenes is 1. The first kappa shape index (κ1) is 21.5. The van der Waals surface area contributed by atoms with Gasteiger partial charge in [0.15, 0.2) is 11.6 Å². The Labute approximate surface area is 178 Å². The van der Waals surface area contributed by atoms with Crippen molar-refractivity contribution in [3.63, 3.8) is 0 Å². The van der Waals surface area contributed by atoms with Crippen LogP contribution in [0.4, 0.5) is 4.39 Å². The average Bonchev–Trinajstić information content (AvgIpc) is 2.77. The second-order valence-electron chi connectivity index (χ2n) is 7.16. The molecule has 3 rings (SSSR count). The molecule has 0 bridgehead atoms. The summed E-state index contributed by atoms with van der Waals surface area (Å²) >= 11 is 0. The van der Waals surface area contributed by atoms with E-state index in [2.05, 4.69) is 12.8 Å². The molecule has 0 spiro atoms. The molecule has 0 aliphatic rings. The maximum Gasteiger partial charge on any atom is 0.173 e. The molecule has 154 valence electrons. The SMILES string of the molecule is C#CC(CCC)c1cc(-c2ccc(OCC)cc2)c(F)c(Oc2ccccc2)c1C. The molecular weight excluding hydrogens is 375 g/mol. The van der Waals surface area contributed by atoms with Crippen LogP contribution in [-0.2, 0) is 0 Å². The van der Waals surface area contributed by atoms with Crippen LogP contribution in [0.3, 0.4) is 0 Å². The summed E-state index contributed by atoms with van der Waals surface area (Å²) in [6, 6.07) is 18.5. The van der Waals surface area contributed by atoms with Gasteiger partial charge in [-0.15, -0.1) is 6.42 Å². The zero-order valence-corrected chi connectivity index (χ0v) is 17.7. The first-order valence-corrected chi connectivity index (χ1v) is 10.3. The Morgan fingerprint density at radius 3 is 2.30 bits per heavy atom. The number of rotatable bonds is 8. The third-order valence-electron chi connectivity index (χ3n) is 5.10. The van der Waals surface area contributed by atoms with E-state index in [1.807, 2.05) is 74.5 Å². The fourth-order valence-corrected chi connectivity index (χ4v) is 3.56. The predicted octanol–water partition coefficient (Wildman–Crippen LogP) is 7.51. The monoisotopic (exact) mass is 402 g/mol. The van der Waals surface area contributed by atoms with E-state index in [0.717, 1.165) is 35.3 Å². The van der Waals surface area contributed by atoms with Crippen molar-refractivity contribution < 1.29 is 13.9 Å². The van der Waals surface area contributed by atoms with Gasteiger partial charge in [-0.1, -0.05) is 49.6 Å². The molecule has 0 radical (unpaired) electrons. The number of hydrogen-bond donors (Lipinski definition) is 0. The molecule has 3 aromatic rings. The average molecular weight is 403 g/mol. The van der Waals surface area contributed by atoms with Crippen LogP contribution in [0.2, 0.25) is 0 Å². The molecule has 0 aromatic heterocycles. The lowest BCUT2D eigenvalue weighted by Crippen LogP contribution is -2.04. The Hall–Kier alpha value is -3.25. The smallest absolute Gasteiger partial charge is 0.173 e. The van der Waals surface area contributed by atoms with Gasteiger partial charge in [-0.25, -0.2) is 4.39 Å². The van der Waals surface area contributed by atoms with Crippen LogP contribution in [-0.4, -0.2) is 6.61 Å². The van der Waals surface area contributed by atoms with Crippen LogP contribution >= 0.6 is 0 Å². The van der Waals surface area contributed by atoms with Crippen molar-refractivity contribution in [2.75, 3.05) is 6.61 Å². The van der Waals surface area contributed by atoms with E-state index >= 15 is 4.39 Å². The van der Waals surface area contributed by atoms with E-state index in [9.17, 15) is 0 Å². The fourth-order valence-electron chi connectivity index (χ4n) is 3.56. The van der Waals surface area contributed by atoms with Crippen LogP contribution in [0.1, 0.15) is 43.7 Å². The molecule has 0 amide bonds. The number of para-hydroxylation sites is 1. The lowest BCUT2D eigenvalue weighted by Gasteiger charge is -2.20. The van der Waals surface area contributed by atoms with Crippen LogP contribution < -0.4 is 9.47 Å². The zero-order chi connectivity index (χ0) is 21.5. The van der Waals surface area contributed by atoms with E-state index in [4.69, 9.17) is 15.9 Å². The van der Waals surface area contributed by atoms with Gasteiger partial charge in [-0.2, -0.15) is 0 Å². The largest absolute Gasteiger partial charge is 0.494 e. The summed E-state index contributed by atoms with van der Waals surface area (Å²) in [6.45, 7) is 6.48. The predicted molar refractivity (Wildman–Crippen MR) is 121 cm³/mol. The Balaban J connectivity index is 2.15. The van der Waals surface area contributed by atoms with Crippen molar-refractivity contribution >= 4 is 0 Å². The fraction of sp³-hybridized carbons (Fsp3) is 0.259. The number of halogens is 1. The first-order chi connectivity index (χ1) is 14.6. The lowest BCUT2D eigenvalue weighted by molar-refractivity contribution is 0.340. The van der Waals surface area contributed by atoms with Gasteiger partial charge >= 0.3 is 0 Å². The summed E-state index contributed by atoms with van der Waals surface area (Å²) in [5.74, 6) is 3.94. The van der Waals surface area contributed by atoms with Crippen molar-refractivity contribution in [2.45, 2.75) is 39.5 Å². The normalized spacial score (nSPS) is 11.6. The van der Waals surface area contributed by atoms with Gasteiger partial charge in [0, 0.05) is 11.5 Å². The van der Waals surface area contributed by atoms with E-state index in [0.29, 0.717) is 17.9 Å². The van der Waals surface area contributed by atoms with Gasteiger partial charge in [0.1, 0.15) is 11.5 Å². The molecule has 0 N–H and O–H groups in total. The summed E-state index contributed by atoms with van der Waals surface area (Å²) in [6.07, 6.45) is 7.61. The minimum absolute atomic E-state index is 0.102. The Kier molecular flexibility index (Phi) is 7.14. The summed E-state index contributed by atoms with van der Waals surface area (Å²) in [5.41, 5.74) is 2.89. The molecule has 0 fully saturated rings. The van der Waals surface area contributed by atoms with Gasteiger partial charge in [0.25, 0.3) is 0 Å². The highest BCUT2D eigenvalue weighted by Gasteiger charge is 2.22. The van der Waals surface area contributed by atoms with E-state index in [1.54, 1.807) is 0 Å². The van der Waals surface area contributed by atoms with E-state index in [1.165, 1.54) is 0 Å². The Bertz CT molecular complexity index is 1020. The summed E-state index contributed by atoms with van der Waals surface area (Å²) in [7, 11) is 0. The minimum atomic E-state index is -0.392. The van der Waals surface area contributed by atoms with Crippen LogP contribution in [0.5, 0.6) is 17.2 Å². The minimum Gasteiger partial charge on any atom is -0.494 e. The van der Waals surface area contributed by atoms with Crippen molar-refractivity contribution in [2.24, 2.45) is 0 Å². The molecule has 3 heteroatoms. The highest BCUT2D eigenvalue weighted by atomic mass is 19.1. The van der Waals surface area contributed by atoms with Crippen LogP contribution in [0, 0.1) is 25.1 Å². The van der Waals surface area contributed by atoms with E-state index in [-0.39, 0.29) is 11.7 Å². The Morgan fingerprint density at radius 1 is 1.00 bits per heavy atom. The number of benzene rings is 3. The highest BCUT2D eigenvalue weighted by Crippen LogP contribution is 2.40. The maximum atomic E-state index is 15.7. The van der Waals surface area contributed by atoms with Gasteiger partial charge in [-0.3, -0.25) is 0 Å². The summed E-state index contributed by atoms with van der Waals surface area (Å²) in [5, 5.41) is 0. The van der Waals surface area contributed by atoms with Gasteiger partial charge in [-0.05, 0) is 67.3 Å². The van der Waals surface area contributed by atoms with Gasteiger partial charge in [0.2, 0.25) is 0 Å². The maximum absolute atomic E-state index is 15.7. The molecule has 0 saturated carbocycles. The summed E-state index contributed by atoms with van der Waals surface area (Å²) in [4.78, 5) is 0. The zero-order valence-electron chi connectivity index (χ0n) is 17.7. The first-order valence-electron chi connectivity index (χ1n) is 10.3. The standard InChI is InChI=1S/C27H27FO2/c1-5-11-20(6-2)24-18-25(21-14-16-22(17-15-21)29-7-3)26(28)27(19(24)4)30-23-12-9-8-10-13-23/h2,8-10,12-18,20H,5,7,11H2,1,3-4H3. The molecule has 1 unspecified atom stereocenters. The van der Waals surface area contributed by atoms with Crippen molar-refractivity contribution in [3.8, 4) is 40.7 Å². The highest BCUT2D eigenvalue weighted by molar-refractivity contribution is 5.70. The number of ether oxygens (including phenoxy) is 2. The van der Waals surface area contributed by atoms with Crippen molar-refractivity contribution in [1.29, 1.82) is 0 Å². The van der Waals surface area contributed by atoms with Gasteiger partial charge < -0.3 is 9.47 Å². The molecule has 0 saturated heterocycles. The molecule has 1 atom stereocenters. The molecule has 0 aliphatic carbocycles. The van der Waals surface area contributed by atoms with E-state index < -0.39 is 5.82 Å². The lowest BCUT2D eigenvalue weighted by atomic mass is 9.88. The molecule has 2 nitrogen and oxygen atoms in total. The van der Waals surface area contributed by atoms with Crippen molar-refractivity contribution in [1.82, 2.24) is 0 Å². The topological polar surface area (TPSA) is 18.5 Å². The van der Waals surface area contributed by atoms with Crippen LogP contribution in [0.15, 0.2) is 60.7 Å². The molecular formula is C27H27FO2. The second kappa shape index (κ2) is 9.98. The third kappa shape index (κ3) is 4.66. The third-order valence-corrected chi connectivity index (χ3v) is 5.10. The molecule has 0 aliphatic heterocycles. The number of hydrogen-bond acceptors (Lipinski definition) is 2. The quantitative estimate of drug-likeness (QED) is 0.363. The second-order valence-corrected chi connectivity index (χ2v) is 7.16. The molecule has 3 aromatic carbocycles. The summed E-state index contributed by atoms with van der Waals surface area (Å²) < 4.78 is 27.2. The molecule has 30 heavy (non-hydrogen) atoms.